The molecule has 7 nitrogen and oxygen atoms in total. The van der Waals surface area contributed by atoms with E-state index in [1.807, 2.05) is 0 Å². The molecule has 0 atom stereocenters. The first-order valence-electron chi connectivity index (χ1n) is 5.90. The van der Waals surface area contributed by atoms with Gasteiger partial charge in [-0.05, 0) is 25.1 Å². The van der Waals surface area contributed by atoms with Gasteiger partial charge in [0, 0.05) is 16.3 Å². The molecule has 9 heteroatoms. The third-order valence-electron chi connectivity index (χ3n) is 2.85. The van der Waals surface area contributed by atoms with Crippen molar-refractivity contribution in [3.8, 4) is 5.75 Å². The number of halogens is 1. The van der Waals surface area contributed by atoms with Gasteiger partial charge in [-0.3, -0.25) is 9.82 Å². The number of hydrogen-bond donors (Lipinski definition) is 3. The van der Waals surface area contributed by atoms with Gasteiger partial charge in [0.25, 0.3) is 10.0 Å². The number of ether oxygens (including phenoxy) is 1. The lowest BCUT2D eigenvalue weighted by molar-refractivity contribution is 0.277. The molecule has 21 heavy (non-hydrogen) atoms. The Hall–Kier alpha value is -1.77. The second kappa shape index (κ2) is 5.92. The summed E-state index contributed by atoms with van der Waals surface area (Å²) in [5, 5.41) is 15.6. The van der Waals surface area contributed by atoms with Crippen molar-refractivity contribution in [2.75, 3.05) is 11.8 Å². The minimum atomic E-state index is -3.98. The molecule has 0 bridgehead atoms. The van der Waals surface area contributed by atoms with Gasteiger partial charge in [-0.2, -0.15) is 13.5 Å². The van der Waals surface area contributed by atoms with Gasteiger partial charge in [0.2, 0.25) is 5.03 Å². The van der Waals surface area contributed by atoms with Crippen LogP contribution < -0.4 is 9.46 Å². The van der Waals surface area contributed by atoms with Crippen molar-refractivity contribution in [3.05, 3.63) is 34.5 Å². The first-order chi connectivity index (χ1) is 9.89. The molecule has 0 spiro atoms. The fourth-order valence-corrected chi connectivity index (χ4v) is 3.22. The summed E-state index contributed by atoms with van der Waals surface area (Å²) in [6.07, 6.45) is 0. The Morgan fingerprint density at radius 1 is 1.48 bits per heavy atom. The Morgan fingerprint density at radius 3 is 2.81 bits per heavy atom. The molecule has 1 aromatic heterocycles. The highest BCUT2D eigenvalue weighted by atomic mass is 35.5. The molecular formula is C12H14ClN3O4S. The number of rotatable bonds is 5. The van der Waals surface area contributed by atoms with E-state index in [1.54, 1.807) is 19.1 Å². The van der Waals surface area contributed by atoms with Crippen molar-refractivity contribution in [2.45, 2.75) is 18.6 Å². The standard InChI is InChI=1S/C12H14ClN3O4S/c1-7-9(6-17)12(15-14-7)21(18,19)16-10-5-8(13)3-4-11(10)20-2/h3-5,16-17H,6H2,1-2H3,(H,14,15). The summed E-state index contributed by atoms with van der Waals surface area (Å²) in [5.74, 6) is 0.320. The topological polar surface area (TPSA) is 104 Å². The lowest BCUT2D eigenvalue weighted by Crippen LogP contribution is -2.16. The van der Waals surface area contributed by atoms with Crippen LogP contribution in [0, 0.1) is 6.92 Å². The number of methoxy groups -OCH3 is 1. The average molecular weight is 332 g/mol. The van der Waals surface area contributed by atoms with Gasteiger partial charge in [0.05, 0.1) is 19.4 Å². The predicted molar refractivity (Wildman–Crippen MR) is 78.1 cm³/mol. The van der Waals surface area contributed by atoms with Crippen LogP contribution >= 0.6 is 11.6 Å². The SMILES string of the molecule is COc1ccc(Cl)cc1NS(=O)(=O)c1n[nH]c(C)c1CO. The highest BCUT2D eigenvalue weighted by Crippen LogP contribution is 2.30. The minimum Gasteiger partial charge on any atom is -0.495 e. The number of aromatic amines is 1. The predicted octanol–water partition coefficient (Wildman–Crippen LogP) is 1.67. The van der Waals surface area contributed by atoms with Gasteiger partial charge in [-0.25, -0.2) is 0 Å². The van der Waals surface area contributed by atoms with Crippen molar-refractivity contribution >= 4 is 27.3 Å². The third kappa shape index (κ3) is 3.12. The molecule has 0 saturated heterocycles. The Bertz CT molecular complexity index is 758. The number of aromatic nitrogens is 2. The van der Waals surface area contributed by atoms with Gasteiger partial charge in [-0.1, -0.05) is 11.6 Å². The highest BCUT2D eigenvalue weighted by molar-refractivity contribution is 7.92. The number of anilines is 1. The normalized spacial score (nSPS) is 11.4. The lowest BCUT2D eigenvalue weighted by Gasteiger charge is -2.11. The van der Waals surface area contributed by atoms with Crippen molar-refractivity contribution < 1.29 is 18.3 Å². The average Bonchev–Trinajstić information content (AvgIpc) is 2.80. The molecule has 0 saturated carbocycles. The van der Waals surface area contributed by atoms with E-state index < -0.39 is 16.6 Å². The first-order valence-corrected chi connectivity index (χ1v) is 7.76. The van der Waals surface area contributed by atoms with E-state index in [-0.39, 0.29) is 16.3 Å². The van der Waals surface area contributed by atoms with Gasteiger partial charge in [0.15, 0.2) is 0 Å². The number of aryl methyl sites for hydroxylation is 1. The zero-order valence-corrected chi connectivity index (χ0v) is 12.9. The Balaban J connectivity index is 2.44. The Morgan fingerprint density at radius 2 is 2.19 bits per heavy atom. The van der Waals surface area contributed by atoms with Crippen LogP contribution in [-0.4, -0.2) is 30.8 Å². The van der Waals surface area contributed by atoms with Crippen molar-refractivity contribution in [1.29, 1.82) is 0 Å². The number of benzene rings is 1. The third-order valence-corrected chi connectivity index (χ3v) is 4.42. The smallest absolute Gasteiger partial charge is 0.281 e. The fraction of sp³-hybridized carbons (Fsp3) is 0.250. The van der Waals surface area contributed by atoms with Crippen LogP contribution in [0.2, 0.25) is 5.02 Å². The van der Waals surface area contributed by atoms with Crippen LogP contribution in [0.1, 0.15) is 11.3 Å². The Kier molecular flexibility index (Phi) is 4.40. The van der Waals surface area contributed by atoms with E-state index in [0.717, 1.165) is 0 Å². The number of H-pyrrole nitrogens is 1. The van der Waals surface area contributed by atoms with Crippen LogP contribution in [0.5, 0.6) is 5.75 Å². The molecule has 0 amide bonds. The molecule has 3 N–H and O–H groups in total. The summed E-state index contributed by atoms with van der Waals surface area (Å²) >= 11 is 5.86. The van der Waals surface area contributed by atoms with Crippen molar-refractivity contribution in [1.82, 2.24) is 10.2 Å². The number of sulfonamides is 1. The van der Waals surface area contributed by atoms with Crippen LogP contribution in [0.4, 0.5) is 5.69 Å². The van der Waals surface area contributed by atoms with Gasteiger partial charge < -0.3 is 9.84 Å². The number of nitrogens with one attached hydrogen (secondary N) is 2. The van der Waals surface area contributed by atoms with E-state index in [4.69, 9.17) is 16.3 Å². The monoisotopic (exact) mass is 331 g/mol. The fourth-order valence-electron chi connectivity index (χ4n) is 1.79. The molecule has 0 aliphatic carbocycles. The Labute approximate surface area is 127 Å². The van der Waals surface area contributed by atoms with Crippen LogP contribution in [0.15, 0.2) is 23.2 Å². The summed E-state index contributed by atoms with van der Waals surface area (Å²) in [6, 6.07) is 4.55. The maximum Gasteiger partial charge on any atom is 0.281 e. The van der Waals surface area contributed by atoms with E-state index in [0.29, 0.717) is 16.5 Å². The van der Waals surface area contributed by atoms with Gasteiger partial charge in [0.1, 0.15) is 5.75 Å². The molecule has 0 unspecified atom stereocenters. The summed E-state index contributed by atoms with van der Waals surface area (Å²) in [4.78, 5) is 0. The largest absolute Gasteiger partial charge is 0.495 e. The second-order valence-corrected chi connectivity index (χ2v) is 6.27. The molecule has 114 valence electrons. The molecule has 2 aromatic rings. The molecule has 0 fully saturated rings. The van der Waals surface area contributed by atoms with Crippen molar-refractivity contribution in [2.24, 2.45) is 0 Å². The van der Waals surface area contributed by atoms with E-state index in [1.165, 1.54) is 13.2 Å². The number of aliphatic hydroxyl groups excluding tert-OH is 1. The van der Waals surface area contributed by atoms with E-state index in [2.05, 4.69) is 14.9 Å². The molecule has 0 radical (unpaired) electrons. The van der Waals surface area contributed by atoms with Gasteiger partial charge in [-0.15, -0.1) is 0 Å². The zero-order chi connectivity index (χ0) is 15.6. The quantitative estimate of drug-likeness (QED) is 0.773. The molecule has 1 heterocycles. The second-order valence-electron chi connectivity index (χ2n) is 4.24. The first kappa shape index (κ1) is 15.6. The van der Waals surface area contributed by atoms with E-state index >= 15 is 0 Å². The maximum atomic E-state index is 12.4. The summed E-state index contributed by atoms with van der Waals surface area (Å²) in [7, 11) is -2.56. The van der Waals surface area contributed by atoms with Crippen LogP contribution in [-0.2, 0) is 16.6 Å². The van der Waals surface area contributed by atoms with Gasteiger partial charge >= 0.3 is 0 Å². The number of hydrogen-bond acceptors (Lipinski definition) is 5. The van der Waals surface area contributed by atoms with E-state index in [9.17, 15) is 13.5 Å². The lowest BCUT2D eigenvalue weighted by atomic mass is 10.3. The van der Waals surface area contributed by atoms with Crippen molar-refractivity contribution in [3.63, 3.8) is 0 Å². The number of aliphatic hydroxyl groups is 1. The molecule has 2 rings (SSSR count). The summed E-state index contributed by atoms with van der Waals surface area (Å²) in [5.41, 5.74) is 0.883. The molecule has 0 aliphatic heterocycles. The van der Waals surface area contributed by atoms with Crippen LogP contribution in [0.25, 0.3) is 0 Å². The molecule has 0 aliphatic rings. The summed E-state index contributed by atoms with van der Waals surface area (Å²) < 4.78 is 32.2. The molecular weight excluding hydrogens is 318 g/mol. The highest BCUT2D eigenvalue weighted by Gasteiger charge is 2.24. The minimum absolute atomic E-state index is 0.189. The summed E-state index contributed by atoms with van der Waals surface area (Å²) in [6.45, 7) is 1.18. The molecule has 1 aromatic carbocycles. The number of nitrogens with zero attached hydrogens (tertiary/aromatic N) is 1. The maximum absolute atomic E-state index is 12.4. The van der Waals surface area contributed by atoms with Crippen LogP contribution in [0.3, 0.4) is 0 Å². The zero-order valence-electron chi connectivity index (χ0n) is 11.3.